The minimum absolute atomic E-state index is 0.215. The molecule has 0 fully saturated rings. The van der Waals surface area contributed by atoms with Crippen molar-refractivity contribution in [2.24, 2.45) is 0 Å². The van der Waals surface area contributed by atoms with E-state index in [9.17, 15) is 9.59 Å². The third-order valence-electron chi connectivity index (χ3n) is 4.29. The van der Waals surface area contributed by atoms with E-state index in [2.05, 4.69) is 15.3 Å². The summed E-state index contributed by atoms with van der Waals surface area (Å²) in [5, 5.41) is 3.42. The zero-order chi connectivity index (χ0) is 17.4. The first kappa shape index (κ1) is 16.6. The Labute approximate surface area is 144 Å². The van der Waals surface area contributed by atoms with Crippen molar-refractivity contribution in [3.63, 3.8) is 0 Å². The summed E-state index contributed by atoms with van der Waals surface area (Å²) in [6.07, 6.45) is 1.79. The minimum atomic E-state index is -0.450. The van der Waals surface area contributed by atoms with E-state index in [1.807, 2.05) is 26.0 Å². The Kier molecular flexibility index (Phi) is 4.36. The Bertz CT molecular complexity index is 876. The van der Waals surface area contributed by atoms with E-state index in [-0.39, 0.29) is 11.9 Å². The third-order valence-corrected chi connectivity index (χ3v) is 4.97. The van der Waals surface area contributed by atoms with Gasteiger partial charge in [0.05, 0.1) is 11.6 Å². The second kappa shape index (κ2) is 6.32. The lowest BCUT2D eigenvalue weighted by Crippen LogP contribution is -2.32. The lowest BCUT2D eigenvalue weighted by atomic mass is 10.0. The summed E-state index contributed by atoms with van der Waals surface area (Å²) in [5.41, 5.74) is 3.69. The summed E-state index contributed by atoms with van der Waals surface area (Å²) in [4.78, 5) is 30.7. The van der Waals surface area contributed by atoms with Gasteiger partial charge in [0.25, 0.3) is 5.91 Å². The van der Waals surface area contributed by atoms with Gasteiger partial charge < -0.3 is 15.0 Å². The van der Waals surface area contributed by atoms with Crippen molar-refractivity contribution < 1.29 is 9.53 Å². The van der Waals surface area contributed by atoms with E-state index in [0.29, 0.717) is 22.9 Å². The maximum absolute atomic E-state index is 12.7. The molecule has 2 aromatic rings. The van der Waals surface area contributed by atoms with Crippen LogP contribution < -0.4 is 15.7 Å². The first-order chi connectivity index (χ1) is 11.4. The molecule has 1 unspecified atom stereocenters. The number of aryl methyl sites for hydroxylation is 2. The quantitative estimate of drug-likeness (QED) is 0.659. The highest BCUT2D eigenvalue weighted by Gasteiger charge is 2.29. The van der Waals surface area contributed by atoms with Crippen molar-refractivity contribution in [2.45, 2.75) is 31.8 Å². The number of carbonyl (C=O) groups excluding carboxylic acids is 1. The second-order valence-electron chi connectivity index (χ2n) is 5.81. The minimum Gasteiger partial charge on any atom is -0.490 e. The highest BCUT2D eigenvalue weighted by atomic mass is 32.2. The molecule has 1 atom stereocenters. The summed E-state index contributed by atoms with van der Waals surface area (Å²) >= 11 is 1.28. The van der Waals surface area contributed by atoms with Crippen molar-refractivity contribution >= 4 is 17.7 Å². The Morgan fingerprint density at radius 1 is 1.38 bits per heavy atom. The smallest absolute Gasteiger partial charge is 0.346 e. The molecule has 1 aliphatic heterocycles. The maximum Gasteiger partial charge on any atom is 0.346 e. The Balaban J connectivity index is 1.91. The van der Waals surface area contributed by atoms with Gasteiger partial charge in [-0.05, 0) is 38.2 Å². The number of amides is 1. The standard InChI is InChI=1S/C17H19N3O3S/c1-8-5-6-11-12(7-23-14(11)9(8)2)19-15(21)13-10(3)18-17(22)20-16(13)24-4/h5-6,12H,7H2,1-4H3,(H,19,21)(H,18,20,22). The molecule has 24 heavy (non-hydrogen) atoms. The number of ether oxygens (including phenoxy) is 1. The third kappa shape index (κ3) is 2.80. The maximum atomic E-state index is 12.7. The lowest BCUT2D eigenvalue weighted by molar-refractivity contribution is 0.0925. The first-order valence-electron chi connectivity index (χ1n) is 7.61. The number of nitrogens with one attached hydrogen (secondary N) is 2. The number of fused-ring (bicyclic) bond motifs is 1. The number of aromatic amines is 1. The van der Waals surface area contributed by atoms with Gasteiger partial charge in [0.1, 0.15) is 17.4 Å². The van der Waals surface area contributed by atoms with Gasteiger partial charge in [0.2, 0.25) is 0 Å². The van der Waals surface area contributed by atoms with Crippen LogP contribution in [0.2, 0.25) is 0 Å². The fraction of sp³-hybridized carbons (Fsp3) is 0.353. The van der Waals surface area contributed by atoms with Crippen LogP contribution in [0.3, 0.4) is 0 Å². The predicted octanol–water partition coefficient (Wildman–Crippen LogP) is 2.28. The van der Waals surface area contributed by atoms with E-state index in [1.165, 1.54) is 11.8 Å². The molecule has 0 radical (unpaired) electrons. The monoisotopic (exact) mass is 345 g/mol. The molecule has 1 aliphatic rings. The Hall–Kier alpha value is -2.28. The average Bonchev–Trinajstić information content (AvgIpc) is 2.93. The zero-order valence-corrected chi connectivity index (χ0v) is 14.8. The topological polar surface area (TPSA) is 84.1 Å². The summed E-state index contributed by atoms with van der Waals surface area (Å²) in [7, 11) is 0. The molecule has 0 spiro atoms. The van der Waals surface area contributed by atoms with Crippen LogP contribution in [0.15, 0.2) is 22.0 Å². The predicted molar refractivity (Wildman–Crippen MR) is 93.0 cm³/mol. The van der Waals surface area contributed by atoms with Gasteiger partial charge in [-0.15, -0.1) is 11.8 Å². The normalized spacial score (nSPS) is 15.8. The van der Waals surface area contributed by atoms with E-state index in [0.717, 1.165) is 22.4 Å². The molecular weight excluding hydrogens is 326 g/mol. The van der Waals surface area contributed by atoms with Gasteiger partial charge in [0.15, 0.2) is 0 Å². The van der Waals surface area contributed by atoms with Crippen LogP contribution in [-0.2, 0) is 0 Å². The van der Waals surface area contributed by atoms with Gasteiger partial charge in [-0.2, -0.15) is 4.98 Å². The zero-order valence-electron chi connectivity index (χ0n) is 14.0. The number of carbonyl (C=O) groups is 1. The molecule has 1 aromatic carbocycles. The van der Waals surface area contributed by atoms with E-state index < -0.39 is 5.69 Å². The number of hydrogen-bond acceptors (Lipinski definition) is 5. The number of rotatable bonds is 3. The van der Waals surface area contributed by atoms with Crippen LogP contribution >= 0.6 is 11.8 Å². The van der Waals surface area contributed by atoms with Gasteiger partial charge in [0, 0.05) is 11.3 Å². The van der Waals surface area contributed by atoms with E-state index in [1.54, 1.807) is 13.2 Å². The summed E-state index contributed by atoms with van der Waals surface area (Å²) in [5.74, 6) is 0.585. The molecule has 3 rings (SSSR count). The van der Waals surface area contributed by atoms with Crippen LogP contribution in [0.5, 0.6) is 5.75 Å². The van der Waals surface area contributed by atoms with Crippen LogP contribution in [0.1, 0.15) is 38.8 Å². The van der Waals surface area contributed by atoms with E-state index in [4.69, 9.17) is 4.74 Å². The summed E-state index contributed by atoms with van der Waals surface area (Å²) in [6.45, 7) is 6.14. The average molecular weight is 345 g/mol. The molecule has 1 aromatic heterocycles. The SMILES string of the molecule is CSc1nc(=O)[nH]c(C)c1C(=O)NC1COc2c1ccc(C)c2C. The van der Waals surface area contributed by atoms with E-state index >= 15 is 0 Å². The number of hydrogen-bond donors (Lipinski definition) is 2. The van der Waals surface area contributed by atoms with Crippen LogP contribution in [-0.4, -0.2) is 28.7 Å². The Morgan fingerprint density at radius 3 is 2.83 bits per heavy atom. The molecule has 2 heterocycles. The summed E-state index contributed by atoms with van der Waals surface area (Å²) < 4.78 is 5.77. The number of aromatic nitrogens is 2. The molecule has 6 nitrogen and oxygen atoms in total. The van der Waals surface area contributed by atoms with Crippen LogP contribution in [0, 0.1) is 20.8 Å². The number of nitrogens with zero attached hydrogens (tertiary/aromatic N) is 1. The van der Waals surface area contributed by atoms with Gasteiger partial charge >= 0.3 is 5.69 Å². The Morgan fingerprint density at radius 2 is 2.12 bits per heavy atom. The molecular formula is C17H19N3O3S. The lowest BCUT2D eigenvalue weighted by Gasteiger charge is -2.14. The molecule has 126 valence electrons. The largest absolute Gasteiger partial charge is 0.490 e. The van der Waals surface area contributed by atoms with Gasteiger partial charge in [-0.3, -0.25) is 4.79 Å². The fourth-order valence-electron chi connectivity index (χ4n) is 2.86. The van der Waals surface area contributed by atoms with Gasteiger partial charge in [-0.1, -0.05) is 12.1 Å². The second-order valence-corrected chi connectivity index (χ2v) is 6.61. The highest BCUT2D eigenvalue weighted by molar-refractivity contribution is 7.98. The molecule has 2 N–H and O–H groups in total. The van der Waals surface area contributed by atoms with Crippen LogP contribution in [0.25, 0.3) is 0 Å². The van der Waals surface area contributed by atoms with Crippen molar-refractivity contribution in [3.8, 4) is 5.75 Å². The molecule has 7 heteroatoms. The molecule has 0 aliphatic carbocycles. The molecule has 1 amide bonds. The van der Waals surface area contributed by atoms with Crippen LogP contribution in [0.4, 0.5) is 0 Å². The molecule has 0 bridgehead atoms. The summed E-state index contributed by atoms with van der Waals surface area (Å²) in [6, 6.07) is 3.80. The molecule has 0 saturated carbocycles. The van der Waals surface area contributed by atoms with Crippen molar-refractivity contribution in [2.75, 3.05) is 12.9 Å². The first-order valence-corrected chi connectivity index (χ1v) is 8.83. The van der Waals surface area contributed by atoms with Crippen molar-refractivity contribution in [1.82, 2.24) is 15.3 Å². The molecule has 0 saturated heterocycles. The number of benzene rings is 1. The number of thioether (sulfide) groups is 1. The number of H-pyrrole nitrogens is 1. The van der Waals surface area contributed by atoms with Crippen molar-refractivity contribution in [3.05, 3.63) is 50.6 Å². The van der Waals surface area contributed by atoms with Gasteiger partial charge in [-0.25, -0.2) is 4.79 Å². The fourth-order valence-corrected chi connectivity index (χ4v) is 3.48. The highest BCUT2D eigenvalue weighted by Crippen LogP contribution is 2.36. The van der Waals surface area contributed by atoms with Crippen molar-refractivity contribution in [1.29, 1.82) is 0 Å².